The fourth-order valence-electron chi connectivity index (χ4n) is 8.91. The molecule has 0 aliphatic carbocycles. The normalized spacial score (nSPS) is 13.0. The quantitative estimate of drug-likeness (QED) is 0.0211. The first-order valence-corrected chi connectivity index (χ1v) is 30.7. The number of esters is 2. The summed E-state index contributed by atoms with van der Waals surface area (Å²) in [6, 6.07) is 0. The zero-order valence-corrected chi connectivity index (χ0v) is 48.1. The first kappa shape index (κ1) is 69.5. The number of carbonyl (C=O) groups is 3. The number of quaternary nitrogens is 1. The van der Waals surface area contributed by atoms with Gasteiger partial charge in [0.05, 0.1) is 34.4 Å². The molecule has 0 aromatic heterocycles. The lowest BCUT2D eigenvalue weighted by molar-refractivity contribution is -0.870. The third-order valence-corrected chi connectivity index (χ3v) is 13.6. The van der Waals surface area contributed by atoms with Gasteiger partial charge in [0.25, 0.3) is 6.29 Å². The van der Waals surface area contributed by atoms with Crippen LogP contribution >= 0.6 is 0 Å². The number of unbranched alkanes of at least 4 members (excludes halogenated alkanes) is 36. The third-order valence-electron chi connectivity index (χ3n) is 13.6. The molecule has 0 saturated carbocycles. The molecule has 72 heavy (non-hydrogen) atoms. The van der Waals surface area contributed by atoms with Crippen LogP contribution in [0.25, 0.3) is 0 Å². The SMILES string of the molecule is CCCCCCC/C=C\C/C=C\C/C=C\CCCCCCCCCCCCCCCCCCCCCCCCCCCCC(=O)OC(COC(=O)CCCCCCCC)COC(OCC[N+](C)(C)C)C(=O)O. The smallest absolute Gasteiger partial charge is 0.361 e. The van der Waals surface area contributed by atoms with Crippen LogP contribution in [0.3, 0.4) is 0 Å². The number of allylic oxidation sites excluding steroid dienone is 6. The lowest BCUT2D eigenvalue weighted by atomic mass is 10.0. The van der Waals surface area contributed by atoms with Gasteiger partial charge in [0.2, 0.25) is 0 Å². The molecular weight excluding hydrogens is 899 g/mol. The average Bonchev–Trinajstić information content (AvgIpc) is 3.35. The fourth-order valence-corrected chi connectivity index (χ4v) is 8.91. The minimum atomic E-state index is -1.50. The van der Waals surface area contributed by atoms with E-state index in [2.05, 4.69) is 50.3 Å². The van der Waals surface area contributed by atoms with Gasteiger partial charge in [-0.1, -0.05) is 262 Å². The molecule has 2 unspecified atom stereocenters. The molecule has 0 saturated heterocycles. The Hall–Kier alpha value is -2.49. The molecule has 0 aromatic rings. The van der Waals surface area contributed by atoms with Gasteiger partial charge < -0.3 is 28.5 Å². The second-order valence-electron chi connectivity index (χ2n) is 22.0. The van der Waals surface area contributed by atoms with Crippen molar-refractivity contribution in [3.8, 4) is 0 Å². The van der Waals surface area contributed by atoms with Crippen LogP contribution in [0.5, 0.6) is 0 Å². The highest BCUT2D eigenvalue weighted by molar-refractivity contribution is 5.71. The van der Waals surface area contributed by atoms with E-state index in [0.717, 1.165) is 51.4 Å². The lowest BCUT2D eigenvalue weighted by Gasteiger charge is -2.25. The molecule has 9 nitrogen and oxygen atoms in total. The summed E-state index contributed by atoms with van der Waals surface area (Å²) in [6.07, 6.45) is 64.6. The van der Waals surface area contributed by atoms with Crippen molar-refractivity contribution in [3.05, 3.63) is 36.5 Å². The number of nitrogens with zero attached hydrogens (tertiary/aromatic N) is 1. The number of hydrogen-bond donors (Lipinski definition) is 1. The number of aliphatic carboxylic acids is 1. The first-order valence-electron chi connectivity index (χ1n) is 30.7. The van der Waals surface area contributed by atoms with Crippen LogP contribution in [0.1, 0.15) is 290 Å². The number of carboxylic acid groups (broad SMARTS) is 1. The Morgan fingerprint density at radius 2 is 0.750 bits per heavy atom. The van der Waals surface area contributed by atoms with Crippen LogP contribution in [0.2, 0.25) is 0 Å². The van der Waals surface area contributed by atoms with Crippen molar-refractivity contribution in [2.45, 2.75) is 302 Å². The van der Waals surface area contributed by atoms with E-state index in [4.69, 9.17) is 18.9 Å². The molecule has 0 bridgehead atoms. The molecule has 0 heterocycles. The summed E-state index contributed by atoms with van der Waals surface area (Å²) in [5.41, 5.74) is 0. The molecule has 9 heteroatoms. The van der Waals surface area contributed by atoms with Crippen LogP contribution < -0.4 is 0 Å². The number of rotatable bonds is 57. The summed E-state index contributed by atoms with van der Waals surface area (Å²) in [5.74, 6) is -2.00. The molecule has 422 valence electrons. The highest BCUT2D eigenvalue weighted by Crippen LogP contribution is 2.18. The fraction of sp³-hybridized carbons (Fsp3) is 0.857. The van der Waals surface area contributed by atoms with Gasteiger partial charge in [0.15, 0.2) is 6.10 Å². The summed E-state index contributed by atoms with van der Waals surface area (Å²) in [7, 11) is 5.96. The summed E-state index contributed by atoms with van der Waals surface area (Å²) in [6.45, 7) is 4.82. The van der Waals surface area contributed by atoms with E-state index in [1.54, 1.807) is 0 Å². The van der Waals surface area contributed by atoms with E-state index in [1.165, 1.54) is 212 Å². The van der Waals surface area contributed by atoms with E-state index in [0.29, 0.717) is 17.4 Å². The van der Waals surface area contributed by atoms with Crippen molar-refractivity contribution < 1.29 is 42.9 Å². The Balaban J connectivity index is 3.76. The summed E-state index contributed by atoms with van der Waals surface area (Å²) < 4.78 is 22.7. The molecule has 0 aliphatic rings. The average molecular weight is 1020 g/mol. The first-order chi connectivity index (χ1) is 35.1. The van der Waals surface area contributed by atoms with Crippen LogP contribution in [0.4, 0.5) is 0 Å². The molecule has 0 rings (SSSR count). The minimum absolute atomic E-state index is 0.177. The van der Waals surface area contributed by atoms with Gasteiger partial charge in [-0.2, -0.15) is 0 Å². The number of hydrogen-bond acceptors (Lipinski definition) is 7. The van der Waals surface area contributed by atoms with Crippen LogP contribution in [-0.4, -0.2) is 87.4 Å². The van der Waals surface area contributed by atoms with Crippen molar-refractivity contribution in [2.24, 2.45) is 0 Å². The summed E-state index contributed by atoms with van der Waals surface area (Å²) in [4.78, 5) is 37.0. The van der Waals surface area contributed by atoms with Crippen molar-refractivity contribution in [1.29, 1.82) is 0 Å². The van der Waals surface area contributed by atoms with E-state index in [9.17, 15) is 19.5 Å². The number of carboxylic acids is 1. The Kier molecular flexibility index (Phi) is 52.9. The Bertz CT molecular complexity index is 1270. The zero-order chi connectivity index (χ0) is 52.7. The largest absolute Gasteiger partial charge is 0.477 e. The molecule has 0 aromatic carbocycles. The van der Waals surface area contributed by atoms with Gasteiger partial charge >= 0.3 is 17.9 Å². The predicted molar refractivity (Wildman–Crippen MR) is 304 cm³/mol. The second kappa shape index (κ2) is 54.8. The number of carbonyl (C=O) groups excluding carboxylic acids is 2. The van der Waals surface area contributed by atoms with E-state index >= 15 is 0 Å². The highest BCUT2D eigenvalue weighted by Gasteiger charge is 2.25. The Labute approximate surface area is 445 Å². The van der Waals surface area contributed by atoms with Crippen molar-refractivity contribution in [1.82, 2.24) is 0 Å². The second-order valence-corrected chi connectivity index (χ2v) is 22.0. The maximum Gasteiger partial charge on any atom is 0.361 e. The van der Waals surface area contributed by atoms with Gasteiger partial charge in [-0.15, -0.1) is 0 Å². The van der Waals surface area contributed by atoms with Crippen LogP contribution in [-0.2, 0) is 33.3 Å². The number of likely N-dealkylation sites (N-methyl/N-ethyl adjacent to an activating group) is 1. The van der Waals surface area contributed by atoms with E-state index < -0.39 is 24.3 Å². The molecule has 1 N–H and O–H groups in total. The minimum Gasteiger partial charge on any atom is -0.477 e. The highest BCUT2D eigenvalue weighted by atomic mass is 16.7. The molecule has 0 fully saturated rings. The van der Waals surface area contributed by atoms with Crippen molar-refractivity contribution in [3.63, 3.8) is 0 Å². The van der Waals surface area contributed by atoms with Gasteiger partial charge in [0.1, 0.15) is 13.2 Å². The lowest BCUT2D eigenvalue weighted by Crippen LogP contribution is -2.40. The molecule has 0 spiro atoms. The summed E-state index contributed by atoms with van der Waals surface area (Å²) >= 11 is 0. The van der Waals surface area contributed by atoms with E-state index in [-0.39, 0.29) is 32.2 Å². The molecule has 0 amide bonds. The van der Waals surface area contributed by atoms with E-state index in [1.807, 2.05) is 21.1 Å². The molecular formula is C63H118NO8+. The monoisotopic (exact) mass is 1020 g/mol. The van der Waals surface area contributed by atoms with Crippen LogP contribution in [0.15, 0.2) is 36.5 Å². The Morgan fingerprint density at radius 3 is 1.11 bits per heavy atom. The van der Waals surface area contributed by atoms with Gasteiger partial charge in [-0.25, -0.2) is 4.79 Å². The zero-order valence-electron chi connectivity index (χ0n) is 48.1. The maximum absolute atomic E-state index is 12.8. The third kappa shape index (κ3) is 55.3. The van der Waals surface area contributed by atoms with Crippen molar-refractivity contribution in [2.75, 3.05) is 47.5 Å². The standard InChI is InChI=1S/C63H117NO8/c1-6-8-10-12-14-15-16-17-18-19-20-21-22-23-24-25-26-27-28-29-30-31-32-33-34-35-36-37-38-39-40-41-42-43-44-45-46-47-48-50-52-54-61(66)72-59(57-70-60(65)53-51-49-13-11-9-7-2)58-71-63(62(67)68)69-56-55-64(3,4)5/h16-17,19-20,22-23,59,63H,6-15,18,21,24-58H2,1-5H3/p+1/b17-16-,20-19-,23-22-. The predicted octanol–water partition coefficient (Wildman–Crippen LogP) is 18.1. The van der Waals surface area contributed by atoms with Crippen molar-refractivity contribution >= 4 is 17.9 Å². The summed E-state index contributed by atoms with van der Waals surface area (Å²) in [5, 5.41) is 9.63. The van der Waals surface area contributed by atoms with Crippen LogP contribution in [0, 0.1) is 0 Å². The topological polar surface area (TPSA) is 108 Å². The van der Waals surface area contributed by atoms with Gasteiger partial charge in [-0.05, 0) is 51.4 Å². The molecule has 0 aliphatic heterocycles. The Morgan fingerprint density at radius 1 is 0.417 bits per heavy atom. The van der Waals surface area contributed by atoms with Gasteiger partial charge in [0, 0.05) is 12.8 Å². The molecule has 2 atom stereocenters. The van der Waals surface area contributed by atoms with Gasteiger partial charge in [-0.3, -0.25) is 9.59 Å². The maximum atomic E-state index is 12.8. The molecule has 0 radical (unpaired) electrons. The number of ether oxygens (including phenoxy) is 4.